The van der Waals surface area contributed by atoms with Crippen LogP contribution in [0.25, 0.3) is 11.1 Å². The van der Waals surface area contributed by atoms with Gasteiger partial charge in [0.05, 0.1) is 4.90 Å². The van der Waals surface area contributed by atoms with Crippen molar-refractivity contribution >= 4 is 49.1 Å². The number of amides is 1. The zero-order chi connectivity index (χ0) is 25.9. The van der Waals surface area contributed by atoms with Gasteiger partial charge in [-0.05, 0) is 63.5 Å². The number of hydrogen-bond donors (Lipinski definition) is 3. The number of carbonyl (C=O) groups excluding carboxylic acids is 2. The Morgan fingerprint density at radius 1 is 0.944 bits per heavy atom. The highest BCUT2D eigenvalue weighted by atomic mass is 79.9. The van der Waals surface area contributed by atoms with E-state index in [2.05, 4.69) is 26.2 Å². The van der Waals surface area contributed by atoms with Gasteiger partial charge in [-0.15, -0.1) is 0 Å². The van der Waals surface area contributed by atoms with Gasteiger partial charge >= 0.3 is 0 Å². The third kappa shape index (κ3) is 5.85. The molecule has 36 heavy (non-hydrogen) atoms. The van der Waals surface area contributed by atoms with Crippen LogP contribution in [0.15, 0.2) is 94.4 Å². The normalized spacial score (nSPS) is 11.2. The number of anilines is 2. The lowest BCUT2D eigenvalue weighted by Crippen LogP contribution is -2.17. The molecule has 0 fully saturated rings. The van der Waals surface area contributed by atoms with Crippen molar-refractivity contribution in [2.45, 2.75) is 11.3 Å². The van der Waals surface area contributed by atoms with Crippen molar-refractivity contribution in [3.8, 4) is 11.1 Å². The summed E-state index contributed by atoms with van der Waals surface area (Å²) in [6, 6.07) is 21.1. The number of pyridine rings is 1. The van der Waals surface area contributed by atoms with Crippen molar-refractivity contribution in [1.82, 2.24) is 4.98 Å². The number of ketones is 1. The van der Waals surface area contributed by atoms with E-state index in [1.54, 1.807) is 79.0 Å². The highest BCUT2D eigenvalue weighted by Gasteiger charge is 2.18. The van der Waals surface area contributed by atoms with Gasteiger partial charge in [-0.3, -0.25) is 9.59 Å². The summed E-state index contributed by atoms with van der Waals surface area (Å²) in [5, 5.41) is 8.05. The number of halogens is 1. The van der Waals surface area contributed by atoms with Crippen molar-refractivity contribution in [3.63, 3.8) is 0 Å². The topological polar surface area (TPSA) is 145 Å². The molecule has 10 heteroatoms. The highest BCUT2D eigenvalue weighted by molar-refractivity contribution is 9.10. The summed E-state index contributed by atoms with van der Waals surface area (Å²) in [6.07, 6.45) is 1.50. The van der Waals surface area contributed by atoms with Gasteiger partial charge in [-0.1, -0.05) is 42.5 Å². The van der Waals surface area contributed by atoms with Crippen LogP contribution in [0.2, 0.25) is 0 Å². The molecule has 0 aliphatic heterocycles. The summed E-state index contributed by atoms with van der Waals surface area (Å²) in [4.78, 5) is 30.1. The number of aromatic nitrogens is 1. The average Bonchev–Trinajstić information content (AvgIpc) is 2.85. The second-order valence-corrected chi connectivity index (χ2v) is 10.4. The van der Waals surface area contributed by atoms with Gasteiger partial charge in [0.15, 0.2) is 5.78 Å². The summed E-state index contributed by atoms with van der Waals surface area (Å²) in [5.74, 6) is -0.280. The van der Waals surface area contributed by atoms with Gasteiger partial charge < -0.3 is 11.1 Å². The fraction of sp³-hybridized carbons (Fsp3) is 0.0385. The average molecular weight is 565 g/mol. The van der Waals surface area contributed by atoms with Crippen LogP contribution in [0.5, 0.6) is 0 Å². The van der Waals surface area contributed by atoms with Gasteiger partial charge in [0, 0.05) is 39.5 Å². The molecule has 4 rings (SSSR count). The molecule has 0 spiro atoms. The number of nitrogens with zero attached hydrogens (tertiary/aromatic N) is 1. The molecule has 5 N–H and O–H groups in total. The van der Waals surface area contributed by atoms with Crippen molar-refractivity contribution < 1.29 is 18.0 Å². The number of primary sulfonamides is 1. The Balaban J connectivity index is 1.57. The monoisotopic (exact) mass is 564 g/mol. The van der Waals surface area contributed by atoms with E-state index in [0.717, 1.165) is 4.47 Å². The van der Waals surface area contributed by atoms with Crippen LogP contribution in [0.3, 0.4) is 0 Å². The molecular weight excluding hydrogens is 544 g/mol. The van der Waals surface area contributed by atoms with Crippen LogP contribution in [-0.2, 0) is 16.4 Å². The summed E-state index contributed by atoms with van der Waals surface area (Å²) in [6.45, 7) is 0. The molecule has 0 atom stereocenters. The number of sulfonamides is 1. The molecule has 0 saturated heterocycles. The molecule has 1 aromatic heterocycles. The summed E-state index contributed by atoms with van der Waals surface area (Å²) < 4.78 is 24.6. The van der Waals surface area contributed by atoms with Crippen molar-refractivity contribution in [1.29, 1.82) is 0 Å². The SMILES string of the molecule is Nc1ccc(C(=O)Nc2ccc(Br)cn2)c(CC(=O)c2ccc(-c3ccccc3S(N)(=O)=O)cc2)c1. The molecule has 8 nitrogen and oxygen atoms in total. The third-order valence-corrected chi connectivity index (χ3v) is 6.84. The van der Waals surface area contributed by atoms with E-state index >= 15 is 0 Å². The van der Waals surface area contributed by atoms with Crippen molar-refractivity contribution in [2.75, 3.05) is 11.1 Å². The molecule has 4 aromatic rings. The number of benzene rings is 3. The molecule has 0 aliphatic rings. The number of rotatable bonds is 7. The Bertz CT molecular complexity index is 1550. The zero-order valence-electron chi connectivity index (χ0n) is 18.8. The Kier molecular flexibility index (Phi) is 7.30. The van der Waals surface area contributed by atoms with Crippen LogP contribution < -0.4 is 16.2 Å². The van der Waals surface area contributed by atoms with E-state index in [-0.39, 0.29) is 17.1 Å². The maximum atomic E-state index is 13.1. The van der Waals surface area contributed by atoms with Crippen LogP contribution in [0, 0.1) is 0 Å². The summed E-state index contributed by atoms with van der Waals surface area (Å²) in [7, 11) is -3.91. The zero-order valence-corrected chi connectivity index (χ0v) is 21.2. The predicted octanol–water partition coefficient (Wildman–Crippen LogP) is 4.42. The number of nitrogen functional groups attached to an aromatic ring is 1. The van der Waals surface area contributed by atoms with E-state index in [1.165, 1.54) is 6.07 Å². The van der Waals surface area contributed by atoms with Crippen LogP contribution >= 0.6 is 15.9 Å². The Morgan fingerprint density at radius 2 is 1.67 bits per heavy atom. The first kappa shape index (κ1) is 25.2. The molecule has 0 aliphatic carbocycles. The number of carbonyl (C=O) groups is 2. The quantitative estimate of drug-likeness (QED) is 0.224. The van der Waals surface area contributed by atoms with Gasteiger partial charge in [0.25, 0.3) is 5.91 Å². The predicted molar refractivity (Wildman–Crippen MR) is 142 cm³/mol. The molecule has 0 bridgehead atoms. The first-order chi connectivity index (χ1) is 17.1. The fourth-order valence-corrected chi connectivity index (χ4v) is 4.67. The second kappa shape index (κ2) is 10.4. The smallest absolute Gasteiger partial charge is 0.257 e. The third-order valence-electron chi connectivity index (χ3n) is 5.41. The minimum absolute atomic E-state index is 0.000227. The first-order valence-electron chi connectivity index (χ1n) is 10.7. The lowest BCUT2D eigenvalue weighted by atomic mass is 9.96. The Hall–Kier alpha value is -3.86. The Labute approximate surface area is 216 Å². The molecular formula is C26H21BrN4O4S. The van der Waals surface area contributed by atoms with Crippen molar-refractivity contribution in [3.05, 3.63) is 106 Å². The number of Topliss-reactive ketones (excluding diaryl/α,β-unsaturated/α-hetero) is 1. The van der Waals surface area contributed by atoms with Gasteiger partial charge in [-0.2, -0.15) is 0 Å². The lowest BCUT2D eigenvalue weighted by Gasteiger charge is -2.11. The summed E-state index contributed by atoms with van der Waals surface area (Å²) in [5.41, 5.74) is 8.56. The van der Waals surface area contributed by atoms with Gasteiger partial charge in [-0.25, -0.2) is 18.5 Å². The number of hydrogen-bond acceptors (Lipinski definition) is 6. The minimum atomic E-state index is -3.91. The number of nitrogens with two attached hydrogens (primary N) is 2. The Morgan fingerprint density at radius 3 is 2.33 bits per heavy atom. The molecule has 0 radical (unpaired) electrons. The largest absolute Gasteiger partial charge is 0.399 e. The van der Waals surface area contributed by atoms with Gasteiger partial charge in [0.2, 0.25) is 10.0 Å². The number of nitrogens with one attached hydrogen (secondary N) is 1. The van der Waals surface area contributed by atoms with E-state index < -0.39 is 15.9 Å². The van der Waals surface area contributed by atoms with Crippen LogP contribution in [0.1, 0.15) is 26.3 Å². The summed E-state index contributed by atoms with van der Waals surface area (Å²) >= 11 is 3.30. The lowest BCUT2D eigenvalue weighted by molar-refractivity contribution is 0.0992. The molecule has 1 amide bonds. The minimum Gasteiger partial charge on any atom is -0.399 e. The standard InChI is InChI=1S/C26H21BrN4O4S/c27-19-9-12-25(30-15-19)31-26(33)22-11-10-20(28)13-18(22)14-23(32)17-7-5-16(6-8-17)21-3-1-2-4-24(21)36(29,34)35/h1-13,15H,14,28H2,(H2,29,34,35)(H,30,31,33). The van der Waals surface area contributed by atoms with Crippen LogP contribution in [-0.4, -0.2) is 25.1 Å². The maximum Gasteiger partial charge on any atom is 0.257 e. The second-order valence-electron chi connectivity index (χ2n) is 7.95. The molecule has 0 unspecified atom stereocenters. The van der Waals surface area contributed by atoms with Crippen LogP contribution in [0.4, 0.5) is 11.5 Å². The fourth-order valence-electron chi connectivity index (χ4n) is 3.68. The highest BCUT2D eigenvalue weighted by Crippen LogP contribution is 2.27. The molecule has 1 heterocycles. The van der Waals surface area contributed by atoms with E-state index in [9.17, 15) is 18.0 Å². The maximum absolute atomic E-state index is 13.1. The first-order valence-corrected chi connectivity index (χ1v) is 13.0. The van der Waals surface area contributed by atoms with Gasteiger partial charge in [0.1, 0.15) is 5.82 Å². The van der Waals surface area contributed by atoms with E-state index in [4.69, 9.17) is 10.9 Å². The van der Waals surface area contributed by atoms with E-state index in [0.29, 0.717) is 39.3 Å². The van der Waals surface area contributed by atoms with Crippen molar-refractivity contribution in [2.24, 2.45) is 5.14 Å². The molecule has 182 valence electrons. The molecule has 3 aromatic carbocycles. The van der Waals surface area contributed by atoms with E-state index in [1.807, 2.05) is 0 Å². The molecule has 0 saturated carbocycles.